The summed E-state index contributed by atoms with van der Waals surface area (Å²) < 4.78 is 5.20. The van der Waals surface area contributed by atoms with Gasteiger partial charge in [-0.05, 0) is 68.1 Å². The van der Waals surface area contributed by atoms with Crippen molar-refractivity contribution in [2.75, 3.05) is 7.11 Å². The lowest BCUT2D eigenvalue weighted by Gasteiger charge is -2.58. The van der Waals surface area contributed by atoms with Gasteiger partial charge in [0.25, 0.3) is 0 Å². The van der Waals surface area contributed by atoms with Crippen molar-refractivity contribution in [3.63, 3.8) is 0 Å². The van der Waals surface area contributed by atoms with Gasteiger partial charge in [0.05, 0.1) is 12.5 Å². The number of hydrogen-bond acceptors (Lipinski definition) is 2. The molecule has 3 aliphatic rings. The van der Waals surface area contributed by atoms with Crippen LogP contribution < -0.4 is 0 Å². The summed E-state index contributed by atoms with van der Waals surface area (Å²) in [6.45, 7) is 11.0. The molecule has 0 heterocycles. The fourth-order valence-electron chi connectivity index (χ4n) is 6.09. The molecule has 0 N–H and O–H groups in total. The Bertz CT molecular complexity index is 548. The first-order chi connectivity index (χ1) is 10.8. The normalized spacial score (nSPS) is 46.2. The number of rotatable bonds is 2. The van der Waals surface area contributed by atoms with Crippen molar-refractivity contribution >= 4 is 5.97 Å². The third-order valence-corrected chi connectivity index (χ3v) is 7.48. The van der Waals surface area contributed by atoms with E-state index in [1.807, 2.05) is 0 Å². The van der Waals surface area contributed by atoms with Crippen LogP contribution in [0.15, 0.2) is 24.3 Å². The number of carbonyl (C=O) groups excluding carboxylic acids is 1. The monoisotopic (exact) mass is 316 g/mol. The predicted octanol–water partition coefficient (Wildman–Crippen LogP) is 5.29. The van der Waals surface area contributed by atoms with Gasteiger partial charge in [0.15, 0.2) is 0 Å². The zero-order chi connectivity index (χ0) is 16.9. The topological polar surface area (TPSA) is 26.3 Å². The molecule has 2 saturated carbocycles. The van der Waals surface area contributed by atoms with Crippen molar-refractivity contribution in [1.82, 2.24) is 0 Å². The summed E-state index contributed by atoms with van der Waals surface area (Å²) in [5, 5.41) is 0. The zero-order valence-electron chi connectivity index (χ0n) is 15.3. The van der Waals surface area contributed by atoms with Gasteiger partial charge in [0.1, 0.15) is 0 Å². The van der Waals surface area contributed by atoms with Crippen LogP contribution in [0.5, 0.6) is 0 Å². The van der Waals surface area contributed by atoms with Crippen molar-refractivity contribution in [3.05, 3.63) is 24.3 Å². The predicted molar refractivity (Wildman–Crippen MR) is 93.9 cm³/mol. The largest absolute Gasteiger partial charge is 0.469 e. The molecular weight excluding hydrogens is 284 g/mol. The van der Waals surface area contributed by atoms with Crippen molar-refractivity contribution < 1.29 is 9.53 Å². The minimum absolute atomic E-state index is 0.000728. The van der Waals surface area contributed by atoms with Crippen molar-refractivity contribution in [2.45, 2.75) is 65.7 Å². The van der Waals surface area contributed by atoms with Gasteiger partial charge in [-0.15, -0.1) is 6.58 Å². The van der Waals surface area contributed by atoms with Gasteiger partial charge in [0.2, 0.25) is 0 Å². The average molecular weight is 316 g/mol. The maximum atomic E-state index is 12.5. The molecule has 0 saturated heterocycles. The summed E-state index contributed by atoms with van der Waals surface area (Å²) in [5.74, 6) is 1.10. The number of ether oxygens (including phenoxy) is 1. The number of fused-ring (bicyclic) bond motifs is 3. The van der Waals surface area contributed by atoms with Crippen LogP contribution in [0.3, 0.4) is 0 Å². The second-order valence-electron chi connectivity index (χ2n) is 8.93. The highest BCUT2D eigenvalue weighted by Crippen LogP contribution is 2.63. The third kappa shape index (κ3) is 2.40. The smallest absolute Gasteiger partial charge is 0.311 e. The molecule has 128 valence electrons. The highest BCUT2D eigenvalue weighted by atomic mass is 16.5. The Kier molecular flexibility index (Phi) is 4.01. The molecule has 5 atom stereocenters. The Morgan fingerprint density at radius 3 is 2.70 bits per heavy atom. The highest BCUT2D eigenvalue weighted by Gasteiger charge is 2.58. The number of esters is 1. The molecule has 3 aliphatic carbocycles. The summed E-state index contributed by atoms with van der Waals surface area (Å²) in [6.07, 6.45) is 12.7. The third-order valence-electron chi connectivity index (χ3n) is 7.48. The molecule has 0 aromatic carbocycles. The minimum Gasteiger partial charge on any atom is -0.469 e. The Hall–Kier alpha value is -1.05. The molecule has 0 aliphatic heterocycles. The molecule has 2 heteroatoms. The van der Waals surface area contributed by atoms with Crippen molar-refractivity contribution in [2.24, 2.45) is 28.1 Å². The van der Waals surface area contributed by atoms with Gasteiger partial charge in [-0.2, -0.15) is 0 Å². The van der Waals surface area contributed by atoms with Gasteiger partial charge >= 0.3 is 5.97 Å². The van der Waals surface area contributed by atoms with Crippen molar-refractivity contribution in [3.8, 4) is 0 Å². The molecule has 0 radical (unpaired) electrons. The van der Waals surface area contributed by atoms with E-state index in [4.69, 9.17) is 4.74 Å². The van der Waals surface area contributed by atoms with E-state index < -0.39 is 0 Å². The van der Waals surface area contributed by atoms with Gasteiger partial charge in [-0.3, -0.25) is 4.79 Å². The lowest BCUT2D eigenvalue weighted by atomic mass is 9.46. The minimum atomic E-state index is -0.313. The van der Waals surface area contributed by atoms with Crippen LogP contribution in [-0.2, 0) is 9.53 Å². The van der Waals surface area contributed by atoms with Crippen LogP contribution in [-0.4, -0.2) is 13.1 Å². The molecule has 23 heavy (non-hydrogen) atoms. The van der Waals surface area contributed by atoms with E-state index in [0.29, 0.717) is 11.8 Å². The Morgan fingerprint density at radius 2 is 2.04 bits per heavy atom. The van der Waals surface area contributed by atoms with E-state index in [2.05, 4.69) is 39.5 Å². The molecule has 2 nitrogen and oxygen atoms in total. The number of hydrogen-bond donors (Lipinski definition) is 0. The van der Waals surface area contributed by atoms with E-state index in [9.17, 15) is 4.79 Å². The first-order valence-corrected chi connectivity index (χ1v) is 9.22. The molecule has 0 aromatic heterocycles. The second kappa shape index (κ2) is 5.50. The zero-order valence-corrected chi connectivity index (χ0v) is 15.3. The van der Waals surface area contributed by atoms with E-state index >= 15 is 0 Å². The standard InChI is InChI=1S/C21H32O2/c1-6-19(2)13-10-16-15(14-19)8-9-17-20(16,3)11-7-12-21(17,4)18(22)23-5/h6,10,15,17H,1,7-9,11-14H2,2-5H3/t15?,17?,19-,20-,21+/m0/s1. The molecule has 0 amide bonds. The van der Waals surface area contributed by atoms with Crippen LogP contribution in [0.1, 0.15) is 65.7 Å². The SMILES string of the molecule is C=C[C@@]1(C)CC=C2C(CCC3[C@](C)(C(=O)OC)CCC[C@@]23C)C1. The molecule has 2 fully saturated rings. The Labute approximate surface area is 141 Å². The molecule has 2 unspecified atom stereocenters. The van der Waals surface area contributed by atoms with E-state index in [1.165, 1.54) is 19.3 Å². The Morgan fingerprint density at radius 1 is 1.30 bits per heavy atom. The van der Waals surface area contributed by atoms with Gasteiger partial charge in [-0.1, -0.05) is 38.0 Å². The van der Waals surface area contributed by atoms with Crippen LogP contribution in [0.2, 0.25) is 0 Å². The van der Waals surface area contributed by atoms with E-state index in [-0.39, 0.29) is 22.2 Å². The summed E-state index contributed by atoms with van der Waals surface area (Å²) >= 11 is 0. The maximum absolute atomic E-state index is 12.5. The lowest BCUT2D eigenvalue weighted by molar-refractivity contribution is -0.164. The van der Waals surface area contributed by atoms with Gasteiger partial charge in [0, 0.05) is 0 Å². The van der Waals surface area contributed by atoms with E-state index in [1.54, 1.807) is 12.7 Å². The first kappa shape index (κ1) is 16.8. The number of carbonyl (C=O) groups is 1. The second-order valence-corrected chi connectivity index (χ2v) is 8.93. The fraction of sp³-hybridized carbons (Fsp3) is 0.762. The molecule has 0 spiro atoms. The molecule has 0 bridgehead atoms. The average Bonchev–Trinajstić information content (AvgIpc) is 2.53. The van der Waals surface area contributed by atoms with Gasteiger partial charge in [-0.25, -0.2) is 0 Å². The first-order valence-electron chi connectivity index (χ1n) is 9.22. The highest BCUT2D eigenvalue weighted by molar-refractivity contribution is 5.77. The van der Waals surface area contributed by atoms with Crippen LogP contribution in [0, 0.1) is 28.1 Å². The number of allylic oxidation sites excluding steroid dienone is 3. The number of methoxy groups -OCH3 is 1. The van der Waals surface area contributed by atoms with Crippen LogP contribution in [0.4, 0.5) is 0 Å². The molecule has 0 aromatic rings. The summed E-state index contributed by atoms with van der Waals surface area (Å²) in [5.41, 5.74) is 1.75. The fourth-order valence-corrected chi connectivity index (χ4v) is 6.09. The van der Waals surface area contributed by atoms with Crippen LogP contribution >= 0.6 is 0 Å². The Balaban J connectivity index is 1.98. The maximum Gasteiger partial charge on any atom is 0.311 e. The molecule has 3 rings (SSSR count). The van der Waals surface area contributed by atoms with Gasteiger partial charge < -0.3 is 4.74 Å². The lowest BCUT2D eigenvalue weighted by Crippen LogP contribution is -2.53. The van der Waals surface area contributed by atoms with E-state index in [0.717, 1.165) is 25.7 Å². The van der Waals surface area contributed by atoms with Crippen molar-refractivity contribution in [1.29, 1.82) is 0 Å². The molecular formula is C21H32O2. The summed E-state index contributed by atoms with van der Waals surface area (Å²) in [7, 11) is 1.54. The summed E-state index contributed by atoms with van der Waals surface area (Å²) in [4.78, 5) is 12.5. The van der Waals surface area contributed by atoms with Crippen LogP contribution in [0.25, 0.3) is 0 Å². The summed E-state index contributed by atoms with van der Waals surface area (Å²) in [6, 6.07) is 0. The quantitative estimate of drug-likeness (QED) is 0.511.